The van der Waals surface area contributed by atoms with E-state index in [0.717, 1.165) is 25.0 Å². The van der Waals surface area contributed by atoms with E-state index in [1.807, 2.05) is 0 Å². The van der Waals surface area contributed by atoms with Crippen LogP contribution in [0.3, 0.4) is 0 Å². The Morgan fingerprint density at radius 2 is 1.87 bits per heavy atom. The second-order valence-corrected chi connectivity index (χ2v) is 5.52. The highest BCUT2D eigenvalue weighted by atomic mass is 127. The maximum Gasteiger partial charge on any atom is 0.188 e. The minimum Gasteiger partial charge on any atom is -0.492 e. The van der Waals surface area contributed by atoms with Gasteiger partial charge in [0.25, 0.3) is 0 Å². The average molecular weight is 439 g/mol. The van der Waals surface area contributed by atoms with Gasteiger partial charge < -0.3 is 15.8 Å². The number of nitrogens with two attached hydrogens (primary N) is 1. The zero-order valence-corrected chi connectivity index (χ0v) is 15.4. The molecule has 7 heteroatoms. The summed E-state index contributed by atoms with van der Waals surface area (Å²) in [5.74, 6) is -1.11. The van der Waals surface area contributed by atoms with Crippen molar-refractivity contribution in [1.29, 1.82) is 0 Å². The molecule has 1 fully saturated rings. The molecule has 0 aliphatic heterocycles. The van der Waals surface area contributed by atoms with E-state index in [1.54, 1.807) is 0 Å². The summed E-state index contributed by atoms with van der Waals surface area (Å²) in [6.45, 7) is 0.628. The van der Waals surface area contributed by atoms with E-state index in [9.17, 15) is 8.78 Å². The highest BCUT2D eigenvalue weighted by Gasteiger charge is 2.12. The van der Waals surface area contributed by atoms with Gasteiger partial charge in [-0.2, -0.15) is 0 Å². The first-order chi connectivity index (χ1) is 10.6. The van der Waals surface area contributed by atoms with Crippen molar-refractivity contribution in [3.63, 3.8) is 0 Å². The first-order valence-electron chi connectivity index (χ1n) is 7.79. The zero-order chi connectivity index (χ0) is 15.8. The van der Waals surface area contributed by atoms with Gasteiger partial charge in [0.15, 0.2) is 17.6 Å². The molecule has 3 N–H and O–H groups in total. The third-order valence-electron chi connectivity index (χ3n) is 3.74. The quantitative estimate of drug-likeness (QED) is 0.243. The number of rotatable bonds is 5. The summed E-state index contributed by atoms with van der Waals surface area (Å²) in [5.41, 5.74) is 5.85. The summed E-state index contributed by atoms with van der Waals surface area (Å²) in [5, 5.41) is 3.24. The molecule has 1 aliphatic rings. The first kappa shape index (κ1) is 19.9. The lowest BCUT2D eigenvalue weighted by Gasteiger charge is -2.16. The average Bonchev–Trinajstić information content (AvgIpc) is 2.76. The normalized spacial score (nSPS) is 16.3. The summed E-state index contributed by atoms with van der Waals surface area (Å²) in [4.78, 5) is 4.19. The number of hydrogen-bond donors (Lipinski definition) is 2. The molecule has 0 radical (unpaired) electrons. The van der Waals surface area contributed by atoms with Gasteiger partial charge in [-0.15, -0.1) is 24.0 Å². The Kier molecular flexibility index (Phi) is 9.20. The number of ether oxygens (including phenoxy) is 1. The lowest BCUT2D eigenvalue weighted by molar-refractivity contribution is 0.325. The molecule has 0 unspecified atom stereocenters. The molecule has 1 aliphatic carbocycles. The third kappa shape index (κ3) is 7.32. The van der Waals surface area contributed by atoms with Gasteiger partial charge in [0.1, 0.15) is 12.4 Å². The Hall–Kier alpha value is -1.12. The van der Waals surface area contributed by atoms with Crippen LogP contribution in [-0.4, -0.2) is 25.2 Å². The van der Waals surface area contributed by atoms with Crippen LogP contribution < -0.4 is 15.8 Å². The third-order valence-corrected chi connectivity index (χ3v) is 3.74. The van der Waals surface area contributed by atoms with Crippen LogP contribution in [-0.2, 0) is 0 Å². The molecular formula is C16H24F2IN3O. The fourth-order valence-corrected chi connectivity index (χ4v) is 2.57. The summed E-state index contributed by atoms with van der Waals surface area (Å²) in [6.07, 6.45) is 7.28. The van der Waals surface area contributed by atoms with E-state index in [0.29, 0.717) is 18.5 Å². The topological polar surface area (TPSA) is 59.6 Å². The van der Waals surface area contributed by atoms with Crippen LogP contribution in [0.2, 0.25) is 0 Å². The van der Waals surface area contributed by atoms with Crippen molar-refractivity contribution in [1.82, 2.24) is 5.32 Å². The highest BCUT2D eigenvalue weighted by molar-refractivity contribution is 14.0. The molecule has 0 spiro atoms. The number of halogens is 3. The Morgan fingerprint density at radius 1 is 1.17 bits per heavy atom. The number of hydrogen-bond acceptors (Lipinski definition) is 2. The summed E-state index contributed by atoms with van der Waals surface area (Å²) in [7, 11) is 0. The molecule has 130 valence electrons. The van der Waals surface area contributed by atoms with Gasteiger partial charge in [-0.1, -0.05) is 25.7 Å². The van der Waals surface area contributed by atoms with Crippen molar-refractivity contribution >= 4 is 29.9 Å². The summed E-state index contributed by atoms with van der Waals surface area (Å²) in [6, 6.07) is 3.84. The van der Waals surface area contributed by atoms with Crippen molar-refractivity contribution in [3.05, 3.63) is 29.8 Å². The van der Waals surface area contributed by atoms with Crippen LogP contribution in [0, 0.1) is 11.6 Å². The largest absolute Gasteiger partial charge is 0.492 e. The van der Waals surface area contributed by atoms with Crippen molar-refractivity contribution in [2.75, 3.05) is 13.2 Å². The Balaban J connectivity index is 0.00000264. The van der Waals surface area contributed by atoms with Gasteiger partial charge >= 0.3 is 0 Å². The van der Waals surface area contributed by atoms with Crippen LogP contribution in [0.1, 0.15) is 38.5 Å². The SMILES string of the molecule is I.NC(=NCCOc1ccc(F)c(F)c1)NC1CCCCCC1. The number of nitrogens with zero attached hydrogens (tertiary/aromatic N) is 1. The van der Waals surface area contributed by atoms with Gasteiger partial charge in [-0.05, 0) is 25.0 Å². The molecule has 23 heavy (non-hydrogen) atoms. The monoisotopic (exact) mass is 439 g/mol. The number of benzene rings is 1. The molecule has 0 aromatic heterocycles. The Morgan fingerprint density at radius 3 is 2.52 bits per heavy atom. The Labute approximate surface area is 152 Å². The molecule has 1 aromatic rings. The minimum atomic E-state index is -0.921. The van der Waals surface area contributed by atoms with E-state index < -0.39 is 11.6 Å². The molecule has 0 heterocycles. The number of nitrogens with one attached hydrogen (secondary N) is 1. The van der Waals surface area contributed by atoms with E-state index in [2.05, 4.69) is 10.3 Å². The van der Waals surface area contributed by atoms with Crippen molar-refractivity contribution in [2.45, 2.75) is 44.6 Å². The van der Waals surface area contributed by atoms with Crippen molar-refractivity contribution < 1.29 is 13.5 Å². The zero-order valence-electron chi connectivity index (χ0n) is 13.1. The molecule has 2 rings (SSSR count). The van der Waals surface area contributed by atoms with E-state index in [-0.39, 0.29) is 36.3 Å². The highest BCUT2D eigenvalue weighted by Crippen LogP contribution is 2.17. The molecule has 0 saturated heterocycles. The standard InChI is InChI=1S/C16H23F2N3O.HI/c17-14-8-7-13(11-15(14)18)22-10-9-20-16(19)21-12-5-3-1-2-4-6-12;/h7-8,11-12H,1-6,9-10H2,(H3,19,20,21);1H. The van der Waals surface area contributed by atoms with E-state index in [1.165, 1.54) is 31.7 Å². The fraction of sp³-hybridized carbons (Fsp3) is 0.562. The van der Waals surface area contributed by atoms with Gasteiger partial charge in [-0.25, -0.2) is 13.8 Å². The van der Waals surface area contributed by atoms with Crippen molar-refractivity contribution in [2.24, 2.45) is 10.7 Å². The number of guanidine groups is 1. The van der Waals surface area contributed by atoms with Crippen molar-refractivity contribution in [3.8, 4) is 5.75 Å². The van der Waals surface area contributed by atoms with Crippen LogP contribution in [0.5, 0.6) is 5.75 Å². The predicted octanol–water partition coefficient (Wildman–Crippen LogP) is 3.59. The second-order valence-electron chi connectivity index (χ2n) is 5.52. The minimum absolute atomic E-state index is 0. The molecule has 0 amide bonds. The van der Waals surface area contributed by atoms with Gasteiger partial charge in [0.05, 0.1) is 6.54 Å². The molecular weight excluding hydrogens is 415 g/mol. The Bertz CT molecular complexity index is 506. The maximum atomic E-state index is 13.0. The van der Waals surface area contributed by atoms with Gasteiger partial charge in [0, 0.05) is 12.1 Å². The smallest absolute Gasteiger partial charge is 0.188 e. The van der Waals surface area contributed by atoms with E-state index in [4.69, 9.17) is 10.5 Å². The molecule has 0 bridgehead atoms. The summed E-state index contributed by atoms with van der Waals surface area (Å²) >= 11 is 0. The first-order valence-corrected chi connectivity index (χ1v) is 7.79. The van der Waals surface area contributed by atoms with Crippen LogP contribution in [0.15, 0.2) is 23.2 Å². The number of aliphatic imine (C=N–C) groups is 1. The van der Waals surface area contributed by atoms with Gasteiger partial charge in [0.2, 0.25) is 0 Å². The predicted molar refractivity (Wildman–Crippen MR) is 98.4 cm³/mol. The van der Waals surface area contributed by atoms with Crippen LogP contribution in [0.25, 0.3) is 0 Å². The molecule has 0 atom stereocenters. The fourth-order valence-electron chi connectivity index (χ4n) is 2.57. The van der Waals surface area contributed by atoms with E-state index >= 15 is 0 Å². The maximum absolute atomic E-state index is 13.0. The van der Waals surface area contributed by atoms with Crippen LogP contribution >= 0.6 is 24.0 Å². The summed E-state index contributed by atoms with van der Waals surface area (Å²) < 4.78 is 31.1. The second kappa shape index (κ2) is 10.6. The molecule has 1 aromatic carbocycles. The lowest BCUT2D eigenvalue weighted by atomic mass is 10.1. The molecule has 1 saturated carbocycles. The van der Waals surface area contributed by atoms with Crippen LogP contribution in [0.4, 0.5) is 8.78 Å². The van der Waals surface area contributed by atoms with Gasteiger partial charge in [-0.3, -0.25) is 0 Å². The lowest BCUT2D eigenvalue weighted by Crippen LogP contribution is -2.40. The molecule has 4 nitrogen and oxygen atoms in total.